The number of ether oxygens (including phenoxy) is 1. The lowest BCUT2D eigenvalue weighted by molar-refractivity contribution is 0.0946. The lowest BCUT2D eigenvalue weighted by Crippen LogP contribution is -2.37. The highest BCUT2D eigenvalue weighted by Crippen LogP contribution is 2.25. The molecule has 0 aromatic carbocycles. The number of piperidine rings is 1. The number of nitrogens with zero attached hydrogens (tertiary/aromatic N) is 4. The molecule has 1 aliphatic rings. The van der Waals surface area contributed by atoms with Gasteiger partial charge in [0.1, 0.15) is 5.69 Å². The number of carbonyl (C=O) groups excluding carboxylic acids is 1. The summed E-state index contributed by atoms with van der Waals surface area (Å²) < 4.78 is 5.36. The minimum atomic E-state index is -0.137. The van der Waals surface area contributed by atoms with Gasteiger partial charge in [-0.3, -0.25) is 9.78 Å². The summed E-state index contributed by atoms with van der Waals surface area (Å²) in [6, 6.07) is 0. The fourth-order valence-corrected chi connectivity index (χ4v) is 3.55. The second kappa shape index (κ2) is 8.87. The van der Waals surface area contributed by atoms with E-state index in [9.17, 15) is 4.79 Å². The first-order valence-corrected chi connectivity index (χ1v) is 9.49. The Bertz CT molecular complexity index is 700. The first kappa shape index (κ1) is 17.8. The van der Waals surface area contributed by atoms with Crippen LogP contribution in [0.1, 0.15) is 36.0 Å². The normalized spacial score (nSPS) is 15.1. The average Bonchev–Trinajstić information content (AvgIpc) is 3.13. The number of hydrogen-bond donors (Lipinski definition) is 1. The van der Waals surface area contributed by atoms with Crippen molar-refractivity contribution in [2.75, 3.05) is 32.8 Å². The van der Waals surface area contributed by atoms with E-state index in [2.05, 4.69) is 25.2 Å². The minimum Gasteiger partial charge on any atom is -0.477 e. The second-order valence-electron chi connectivity index (χ2n) is 5.86. The number of nitrogens with one attached hydrogen (secondary N) is 1. The van der Waals surface area contributed by atoms with Crippen LogP contribution in [0, 0.1) is 0 Å². The maximum Gasteiger partial charge on any atom is 0.280 e. The molecule has 8 heteroatoms. The van der Waals surface area contributed by atoms with Gasteiger partial charge in [0.15, 0.2) is 5.01 Å². The van der Waals surface area contributed by atoms with Gasteiger partial charge < -0.3 is 15.0 Å². The fourth-order valence-electron chi connectivity index (χ4n) is 2.77. The van der Waals surface area contributed by atoms with Crippen LogP contribution in [0.3, 0.4) is 0 Å². The molecule has 7 nitrogen and oxygen atoms in total. The molecule has 1 saturated heterocycles. The predicted octanol–water partition coefficient (Wildman–Crippen LogP) is 2.21. The van der Waals surface area contributed by atoms with Crippen LogP contribution in [-0.4, -0.2) is 58.5 Å². The van der Waals surface area contributed by atoms with Gasteiger partial charge in [-0.05, 0) is 32.9 Å². The van der Waals surface area contributed by atoms with Gasteiger partial charge >= 0.3 is 0 Å². The zero-order valence-electron chi connectivity index (χ0n) is 14.4. The molecule has 0 saturated carbocycles. The molecule has 1 N–H and O–H groups in total. The van der Waals surface area contributed by atoms with Crippen LogP contribution in [0.4, 0.5) is 0 Å². The molecule has 0 radical (unpaired) electrons. The van der Waals surface area contributed by atoms with Gasteiger partial charge in [-0.1, -0.05) is 6.42 Å². The molecule has 2 aromatic heterocycles. The fraction of sp³-hybridized carbons (Fsp3) is 0.529. The van der Waals surface area contributed by atoms with E-state index in [0.29, 0.717) is 29.7 Å². The zero-order valence-corrected chi connectivity index (χ0v) is 15.2. The molecule has 2 aromatic rings. The lowest BCUT2D eigenvalue weighted by atomic mass is 10.1. The van der Waals surface area contributed by atoms with Crippen LogP contribution in [-0.2, 0) is 0 Å². The highest BCUT2D eigenvalue weighted by Gasteiger charge is 2.14. The number of hydrogen-bond acceptors (Lipinski definition) is 7. The van der Waals surface area contributed by atoms with E-state index >= 15 is 0 Å². The van der Waals surface area contributed by atoms with Crippen molar-refractivity contribution in [1.29, 1.82) is 0 Å². The van der Waals surface area contributed by atoms with E-state index in [4.69, 9.17) is 4.74 Å². The molecule has 0 bridgehead atoms. The summed E-state index contributed by atoms with van der Waals surface area (Å²) in [7, 11) is 0. The van der Waals surface area contributed by atoms with Crippen molar-refractivity contribution in [2.24, 2.45) is 0 Å². The molecule has 1 aliphatic heterocycles. The Hall–Kier alpha value is -2.06. The SMILES string of the molecule is CCOc1cncc(-c2cnc(C(=O)NCCN3CCCCC3)s2)n1. The van der Waals surface area contributed by atoms with Gasteiger partial charge in [0.2, 0.25) is 5.88 Å². The van der Waals surface area contributed by atoms with Crippen LogP contribution in [0.5, 0.6) is 5.88 Å². The van der Waals surface area contributed by atoms with Crippen molar-refractivity contribution < 1.29 is 9.53 Å². The van der Waals surface area contributed by atoms with E-state index in [1.807, 2.05) is 6.92 Å². The molecule has 1 amide bonds. The Morgan fingerprint density at radius 2 is 2.12 bits per heavy atom. The van der Waals surface area contributed by atoms with Crippen molar-refractivity contribution in [3.63, 3.8) is 0 Å². The summed E-state index contributed by atoms with van der Waals surface area (Å²) in [4.78, 5) is 28.2. The van der Waals surface area contributed by atoms with Gasteiger partial charge in [-0.15, -0.1) is 11.3 Å². The number of likely N-dealkylation sites (tertiary alicyclic amines) is 1. The largest absolute Gasteiger partial charge is 0.477 e. The quantitative estimate of drug-likeness (QED) is 0.814. The van der Waals surface area contributed by atoms with Crippen molar-refractivity contribution >= 4 is 17.2 Å². The van der Waals surface area contributed by atoms with E-state index in [0.717, 1.165) is 24.5 Å². The molecule has 0 aliphatic carbocycles. The van der Waals surface area contributed by atoms with E-state index in [-0.39, 0.29) is 5.91 Å². The van der Waals surface area contributed by atoms with Crippen molar-refractivity contribution in [1.82, 2.24) is 25.2 Å². The van der Waals surface area contributed by atoms with Crippen molar-refractivity contribution in [2.45, 2.75) is 26.2 Å². The molecule has 0 unspecified atom stereocenters. The summed E-state index contributed by atoms with van der Waals surface area (Å²) in [5.74, 6) is 0.336. The zero-order chi connectivity index (χ0) is 17.5. The molecule has 3 rings (SSSR count). The number of amides is 1. The van der Waals surface area contributed by atoms with Gasteiger partial charge in [0, 0.05) is 19.3 Å². The van der Waals surface area contributed by atoms with Crippen LogP contribution >= 0.6 is 11.3 Å². The first-order chi connectivity index (χ1) is 12.3. The number of carbonyl (C=O) groups is 1. The average molecular weight is 361 g/mol. The summed E-state index contributed by atoms with van der Waals surface area (Å²) in [5, 5.41) is 3.39. The van der Waals surface area contributed by atoms with Crippen LogP contribution < -0.4 is 10.1 Å². The van der Waals surface area contributed by atoms with Gasteiger partial charge in [0.05, 0.1) is 23.9 Å². The van der Waals surface area contributed by atoms with Gasteiger partial charge in [-0.2, -0.15) is 0 Å². The third-order valence-corrected chi connectivity index (χ3v) is 5.04. The van der Waals surface area contributed by atoms with Crippen LogP contribution in [0.15, 0.2) is 18.6 Å². The molecular weight excluding hydrogens is 338 g/mol. The van der Waals surface area contributed by atoms with E-state index < -0.39 is 0 Å². The molecule has 134 valence electrons. The standard InChI is InChI=1S/C17H23N5O2S/c1-2-24-15-12-18-10-13(21-15)14-11-20-17(25-14)16(23)19-6-9-22-7-4-3-5-8-22/h10-12H,2-9H2,1H3,(H,19,23). The molecular formula is C17H23N5O2S. The Labute approximate surface area is 151 Å². The summed E-state index contributed by atoms with van der Waals surface area (Å²) >= 11 is 1.31. The molecule has 3 heterocycles. The Morgan fingerprint density at radius 1 is 1.28 bits per heavy atom. The lowest BCUT2D eigenvalue weighted by Gasteiger charge is -2.26. The second-order valence-corrected chi connectivity index (χ2v) is 6.89. The monoisotopic (exact) mass is 361 g/mol. The molecule has 25 heavy (non-hydrogen) atoms. The van der Waals surface area contributed by atoms with Gasteiger partial charge in [0.25, 0.3) is 5.91 Å². The topological polar surface area (TPSA) is 80.2 Å². The Morgan fingerprint density at radius 3 is 2.92 bits per heavy atom. The molecule has 1 fully saturated rings. The highest BCUT2D eigenvalue weighted by atomic mass is 32.1. The maximum absolute atomic E-state index is 12.3. The molecule has 0 atom stereocenters. The Balaban J connectivity index is 1.55. The predicted molar refractivity (Wildman–Crippen MR) is 96.9 cm³/mol. The highest BCUT2D eigenvalue weighted by molar-refractivity contribution is 7.16. The maximum atomic E-state index is 12.3. The van der Waals surface area contributed by atoms with Crippen LogP contribution in [0.25, 0.3) is 10.6 Å². The number of aromatic nitrogens is 3. The Kier molecular flexibility index (Phi) is 6.30. The van der Waals surface area contributed by atoms with Crippen molar-refractivity contribution in [3.05, 3.63) is 23.6 Å². The summed E-state index contributed by atoms with van der Waals surface area (Å²) in [6.07, 6.45) is 8.70. The minimum absolute atomic E-state index is 0.137. The third-order valence-electron chi connectivity index (χ3n) is 4.02. The van der Waals surface area contributed by atoms with Gasteiger partial charge in [-0.25, -0.2) is 9.97 Å². The number of thiazole rings is 1. The van der Waals surface area contributed by atoms with E-state index in [1.165, 1.54) is 30.6 Å². The molecule has 0 spiro atoms. The van der Waals surface area contributed by atoms with Crippen molar-refractivity contribution in [3.8, 4) is 16.5 Å². The smallest absolute Gasteiger partial charge is 0.280 e. The summed E-state index contributed by atoms with van der Waals surface area (Å²) in [5.41, 5.74) is 0.663. The third kappa shape index (κ3) is 4.96. The summed E-state index contributed by atoms with van der Waals surface area (Å²) in [6.45, 7) is 6.23. The van der Waals surface area contributed by atoms with Crippen LogP contribution in [0.2, 0.25) is 0 Å². The number of rotatable bonds is 7. The first-order valence-electron chi connectivity index (χ1n) is 8.68. The van der Waals surface area contributed by atoms with E-state index in [1.54, 1.807) is 18.6 Å².